The lowest BCUT2D eigenvalue weighted by atomic mass is 9.89. The first-order valence-electron chi connectivity index (χ1n) is 6.68. The molecule has 2 N–H and O–H groups in total. The molecule has 1 aliphatic carbocycles. The van der Waals surface area contributed by atoms with E-state index in [-0.39, 0.29) is 0 Å². The quantitative estimate of drug-likeness (QED) is 0.604. The molecule has 1 aliphatic rings. The van der Waals surface area contributed by atoms with Crippen molar-refractivity contribution in [2.45, 2.75) is 52.4 Å². The van der Waals surface area contributed by atoms with Gasteiger partial charge in [-0.3, -0.25) is 0 Å². The van der Waals surface area contributed by atoms with E-state index in [4.69, 9.17) is 0 Å². The minimum absolute atomic E-state index is 0.608. The lowest BCUT2D eigenvalue weighted by molar-refractivity contribution is 0.315. The molecule has 0 spiro atoms. The molecule has 0 amide bonds. The van der Waals surface area contributed by atoms with Crippen LogP contribution in [0.5, 0.6) is 0 Å². The predicted octanol–water partition coefficient (Wildman–Crippen LogP) is 2.55. The fourth-order valence-electron chi connectivity index (χ4n) is 2.44. The molecule has 0 atom stereocenters. The molecule has 15 heavy (non-hydrogen) atoms. The normalized spacial score (nSPS) is 19.6. The van der Waals surface area contributed by atoms with Crippen LogP contribution in [0.2, 0.25) is 0 Å². The van der Waals surface area contributed by atoms with Gasteiger partial charge in [-0.05, 0) is 50.7 Å². The van der Waals surface area contributed by atoms with Crippen molar-refractivity contribution >= 4 is 0 Å². The smallest absolute Gasteiger partial charge is 0.000517 e. The minimum Gasteiger partial charge on any atom is -0.317 e. The van der Waals surface area contributed by atoms with Crippen LogP contribution in [0.25, 0.3) is 0 Å². The first-order valence-corrected chi connectivity index (χ1v) is 6.68. The highest BCUT2D eigenvalue weighted by Crippen LogP contribution is 2.36. The summed E-state index contributed by atoms with van der Waals surface area (Å²) in [5.41, 5.74) is 0.608. The van der Waals surface area contributed by atoms with Crippen molar-refractivity contribution < 1.29 is 0 Å². The molecule has 1 saturated carbocycles. The highest BCUT2D eigenvalue weighted by Gasteiger charge is 2.27. The Morgan fingerprint density at radius 1 is 1.00 bits per heavy atom. The van der Waals surface area contributed by atoms with E-state index in [2.05, 4.69) is 24.5 Å². The molecule has 0 aliphatic heterocycles. The van der Waals surface area contributed by atoms with Crippen molar-refractivity contribution in [2.24, 2.45) is 5.41 Å². The van der Waals surface area contributed by atoms with Gasteiger partial charge in [-0.15, -0.1) is 0 Å². The first kappa shape index (κ1) is 13.0. The minimum atomic E-state index is 0.608. The first-order chi connectivity index (χ1) is 7.27. The maximum Gasteiger partial charge on any atom is 0.000517 e. The SMILES string of the molecule is CCCNCCCNCC1(C)CCCC1. The van der Waals surface area contributed by atoms with E-state index in [1.54, 1.807) is 0 Å². The van der Waals surface area contributed by atoms with E-state index < -0.39 is 0 Å². The number of rotatable bonds is 8. The molecule has 2 heteroatoms. The molecule has 0 heterocycles. The molecule has 2 nitrogen and oxygen atoms in total. The van der Waals surface area contributed by atoms with E-state index >= 15 is 0 Å². The fourth-order valence-corrected chi connectivity index (χ4v) is 2.44. The van der Waals surface area contributed by atoms with Gasteiger partial charge in [0, 0.05) is 6.54 Å². The summed E-state index contributed by atoms with van der Waals surface area (Å²) >= 11 is 0. The van der Waals surface area contributed by atoms with E-state index in [1.165, 1.54) is 51.6 Å². The zero-order chi connectivity index (χ0) is 11.0. The second-order valence-corrected chi connectivity index (χ2v) is 5.30. The molecule has 90 valence electrons. The summed E-state index contributed by atoms with van der Waals surface area (Å²) in [6.07, 6.45) is 8.23. The molecule has 1 fully saturated rings. The van der Waals surface area contributed by atoms with Gasteiger partial charge in [0.1, 0.15) is 0 Å². The molecule has 0 saturated heterocycles. The van der Waals surface area contributed by atoms with Gasteiger partial charge in [-0.25, -0.2) is 0 Å². The van der Waals surface area contributed by atoms with E-state index in [1.807, 2.05) is 0 Å². The van der Waals surface area contributed by atoms with Crippen LogP contribution in [-0.4, -0.2) is 26.2 Å². The van der Waals surface area contributed by atoms with Crippen LogP contribution in [0.3, 0.4) is 0 Å². The number of hydrogen-bond donors (Lipinski definition) is 2. The third-order valence-corrected chi connectivity index (χ3v) is 3.50. The summed E-state index contributed by atoms with van der Waals surface area (Å²) < 4.78 is 0. The zero-order valence-corrected chi connectivity index (χ0v) is 10.6. The molecular weight excluding hydrogens is 184 g/mol. The summed E-state index contributed by atoms with van der Waals surface area (Å²) in [6, 6.07) is 0. The highest BCUT2D eigenvalue weighted by molar-refractivity contribution is 4.82. The summed E-state index contributed by atoms with van der Waals surface area (Å²) in [4.78, 5) is 0. The lowest BCUT2D eigenvalue weighted by Gasteiger charge is -2.23. The van der Waals surface area contributed by atoms with Gasteiger partial charge in [0.2, 0.25) is 0 Å². The Morgan fingerprint density at radius 3 is 2.33 bits per heavy atom. The fraction of sp³-hybridized carbons (Fsp3) is 1.00. The molecule has 1 rings (SSSR count). The van der Waals surface area contributed by atoms with Gasteiger partial charge >= 0.3 is 0 Å². The summed E-state index contributed by atoms with van der Waals surface area (Å²) in [7, 11) is 0. The average molecular weight is 212 g/mol. The molecule has 0 radical (unpaired) electrons. The second kappa shape index (κ2) is 7.24. The Balaban J connectivity index is 1.88. The third-order valence-electron chi connectivity index (χ3n) is 3.50. The zero-order valence-electron chi connectivity index (χ0n) is 10.6. The maximum atomic E-state index is 3.60. The Hall–Kier alpha value is -0.0800. The summed E-state index contributed by atoms with van der Waals surface area (Å²) in [5.74, 6) is 0. The van der Waals surface area contributed by atoms with Crippen molar-refractivity contribution in [1.82, 2.24) is 10.6 Å². The summed E-state index contributed by atoms with van der Waals surface area (Å²) in [6.45, 7) is 9.37. The van der Waals surface area contributed by atoms with Crippen molar-refractivity contribution in [3.63, 3.8) is 0 Å². The topological polar surface area (TPSA) is 24.1 Å². The second-order valence-electron chi connectivity index (χ2n) is 5.30. The van der Waals surface area contributed by atoms with Crippen molar-refractivity contribution in [1.29, 1.82) is 0 Å². The van der Waals surface area contributed by atoms with Crippen LogP contribution in [-0.2, 0) is 0 Å². The maximum absolute atomic E-state index is 3.60. The standard InChI is InChI=1S/C13H28N2/c1-3-9-14-10-6-11-15-12-13(2)7-4-5-8-13/h14-15H,3-12H2,1-2H3. The van der Waals surface area contributed by atoms with Crippen LogP contribution in [0.15, 0.2) is 0 Å². The molecule has 0 aromatic rings. The van der Waals surface area contributed by atoms with Gasteiger partial charge in [0.25, 0.3) is 0 Å². The van der Waals surface area contributed by atoms with E-state index in [0.29, 0.717) is 5.41 Å². The molecule has 0 bridgehead atoms. The molecule has 0 aromatic carbocycles. The third kappa shape index (κ3) is 5.53. The Bertz CT molecular complexity index is 151. The largest absolute Gasteiger partial charge is 0.317 e. The average Bonchev–Trinajstić information content (AvgIpc) is 2.64. The van der Waals surface area contributed by atoms with Crippen LogP contribution in [0, 0.1) is 5.41 Å². The lowest BCUT2D eigenvalue weighted by Crippen LogP contribution is -2.31. The van der Waals surface area contributed by atoms with Gasteiger partial charge in [-0.1, -0.05) is 26.7 Å². The van der Waals surface area contributed by atoms with Crippen LogP contribution in [0.4, 0.5) is 0 Å². The van der Waals surface area contributed by atoms with E-state index in [9.17, 15) is 0 Å². The van der Waals surface area contributed by atoms with Gasteiger partial charge in [0.05, 0.1) is 0 Å². The van der Waals surface area contributed by atoms with Gasteiger partial charge in [0.15, 0.2) is 0 Å². The monoisotopic (exact) mass is 212 g/mol. The van der Waals surface area contributed by atoms with Gasteiger partial charge in [-0.2, -0.15) is 0 Å². The van der Waals surface area contributed by atoms with Crippen LogP contribution >= 0.6 is 0 Å². The van der Waals surface area contributed by atoms with Crippen LogP contribution in [0.1, 0.15) is 52.4 Å². The number of hydrogen-bond acceptors (Lipinski definition) is 2. The highest BCUT2D eigenvalue weighted by atomic mass is 14.9. The summed E-state index contributed by atoms with van der Waals surface area (Å²) in [5, 5.41) is 7.04. The Morgan fingerprint density at radius 2 is 1.67 bits per heavy atom. The Kier molecular flexibility index (Phi) is 6.26. The molecule has 0 unspecified atom stereocenters. The Labute approximate surface area is 95.2 Å². The molecular formula is C13H28N2. The van der Waals surface area contributed by atoms with E-state index in [0.717, 1.165) is 13.1 Å². The number of nitrogens with one attached hydrogen (secondary N) is 2. The van der Waals surface area contributed by atoms with Crippen LogP contribution < -0.4 is 10.6 Å². The van der Waals surface area contributed by atoms with Crippen molar-refractivity contribution in [3.05, 3.63) is 0 Å². The van der Waals surface area contributed by atoms with Gasteiger partial charge < -0.3 is 10.6 Å². The molecule has 0 aromatic heterocycles. The predicted molar refractivity (Wildman–Crippen MR) is 67.2 cm³/mol. The van der Waals surface area contributed by atoms with Crippen molar-refractivity contribution in [2.75, 3.05) is 26.2 Å². The van der Waals surface area contributed by atoms with Crippen molar-refractivity contribution in [3.8, 4) is 0 Å².